The fourth-order valence-corrected chi connectivity index (χ4v) is 2.05. The highest BCUT2D eigenvalue weighted by molar-refractivity contribution is 7.98. The van der Waals surface area contributed by atoms with Crippen molar-refractivity contribution in [1.82, 2.24) is 15.0 Å². The average molecular weight is 286 g/mol. The van der Waals surface area contributed by atoms with Crippen molar-refractivity contribution in [3.63, 3.8) is 0 Å². The number of ether oxygens (including phenoxy) is 1. The molecule has 18 heavy (non-hydrogen) atoms. The van der Waals surface area contributed by atoms with Gasteiger partial charge in [-0.3, -0.25) is 4.79 Å². The summed E-state index contributed by atoms with van der Waals surface area (Å²) in [7, 11) is 0. The molecule has 0 radical (unpaired) electrons. The molecule has 0 aliphatic rings. The van der Waals surface area contributed by atoms with Gasteiger partial charge >= 0.3 is 0 Å². The van der Waals surface area contributed by atoms with Crippen molar-refractivity contribution in [2.75, 3.05) is 6.26 Å². The molecule has 0 amide bonds. The van der Waals surface area contributed by atoms with Gasteiger partial charge in [-0.2, -0.15) is 0 Å². The number of aromatic nitrogens is 3. The molecule has 0 aromatic carbocycles. The molecule has 0 bridgehead atoms. The third-order valence-electron chi connectivity index (χ3n) is 2.14. The lowest BCUT2D eigenvalue weighted by atomic mass is 10.3. The highest BCUT2D eigenvalue weighted by Crippen LogP contribution is 2.24. The molecule has 0 aliphatic carbocycles. The molecule has 0 spiro atoms. The van der Waals surface area contributed by atoms with Gasteiger partial charge < -0.3 is 9.72 Å². The maximum atomic E-state index is 12.0. The highest BCUT2D eigenvalue weighted by Gasteiger charge is 2.14. The van der Waals surface area contributed by atoms with E-state index in [2.05, 4.69) is 15.0 Å². The van der Waals surface area contributed by atoms with Crippen LogP contribution in [0.3, 0.4) is 0 Å². The number of halogens is 1. The lowest BCUT2D eigenvalue weighted by Crippen LogP contribution is -2.14. The third kappa shape index (κ3) is 2.59. The molecule has 1 N–H and O–H groups in total. The smallest absolute Gasteiger partial charge is 0.264 e. The molecule has 2 heterocycles. The number of pyridine rings is 1. The lowest BCUT2D eigenvalue weighted by Gasteiger charge is -2.11. The van der Waals surface area contributed by atoms with E-state index in [0.29, 0.717) is 16.1 Å². The van der Waals surface area contributed by atoms with Crippen LogP contribution in [0.4, 0.5) is 0 Å². The van der Waals surface area contributed by atoms with Gasteiger partial charge in [-0.15, -0.1) is 0 Å². The van der Waals surface area contributed by atoms with Gasteiger partial charge in [-0.1, -0.05) is 23.4 Å². The number of aromatic amines is 1. The van der Waals surface area contributed by atoms with Crippen molar-refractivity contribution >= 4 is 34.3 Å². The van der Waals surface area contributed by atoms with Crippen molar-refractivity contribution in [3.8, 4) is 5.88 Å². The first-order valence-corrected chi connectivity index (χ1v) is 6.92. The number of fused-ring (bicyclic) bond motifs is 1. The van der Waals surface area contributed by atoms with Gasteiger partial charge in [-0.25, -0.2) is 9.97 Å². The Morgan fingerprint density at radius 3 is 2.78 bits per heavy atom. The Kier molecular flexibility index (Phi) is 3.77. The molecular weight excluding hydrogens is 274 g/mol. The summed E-state index contributed by atoms with van der Waals surface area (Å²) in [5.41, 5.74) is 0.211. The van der Waals surface area contributed by atoms with Crippen molar-refractivity contribution in [3.05, 3.63) is 21.6 Å². The second-order valence-corrected chi connectivity index (χ2v) is 5.07. The van der Waals surface area contributed by atoms with E-state index >= 15 is 0 Å². The maximum absolute atomic E-state index is 12.0. The van der Waals surface area contributed by atoms with Crippen LogP contribution in [-0.4, -0.2) is 27.3 Å². The van der Waals surface area contributed by atoms with Gasteiger partial charge in [0.15, 0.2) is 5.16 Å². The van der Waals surface area contributed by atoms with Gasteiger partial charge in [0.25, 0.3) is 5.56 Å². The Morgan fingerprint density at radius 2 is 2.17 bits per heavy atom. The first-order chi connectivity index (χ1) is 8.51. The summed E-state index contributed by atoms with van der Waals surface area (Å²) < 4.78 is 5.50. The van der Waals surface area contributed by atoms with Gasteiger partial charge in [0.2, 0.25) is 5.88 Å². The minimum absolute atomic E-state index is 0.0983. The summed E-state index contributed by atoms with van der Waals surface area (Å²) >= 11 is 7.26. The largest absolute Gasteiger partial charge is 0.474 e. The highest BCUT2D eigenvalue weighted by atomic mass is 35.5. The molecule has 0 aliphatic heterocycles. The molecule has 7 heteroatoms. The third-order valence-corrected chi connectivity index (χ3v) is 2.92. The summed E-state index contributed by atoms with van der Waals surface area (Å²) in [6, 6.07) is 1.55. The van der Waals surface area contributed by atoms with Gasteiger partial charge in [-0.05, 0) is 20.1 Å². The molecule has 0 atom stereocenters. The lowest BCUT2D eigenvalue weighted by molar-refractivity contribution is 0.236. The zero-order valence-corrected chi connectivity index (χ0v) is 11.7. The molecule has 2 rings (SSSR count). The van der Waals surface area contributed by atoms with E-state index in [9.17, 15) is 4.79 Å². The standard InChI is InChI=1S/C11H12ClN3O2S/c1-5(2)17-10-8-6(4-7(12)14-10)13-11(18-3)15-9(8)16/h4-5H,1-3H3,(H,13,15,16). The second kappa shape index (κ2) is 5.16. The molecular formula is C11H12ClN3O2S. The van der Waals surface area contributed by atoms with E-state index < -0.39 is 0 Å². The Morgan fingerprint density at radius 1 is 1.44 bits per heavy atom. The number of nitrogens with one attached hydrogen (secondary N) is 1. The molecule has 2 aromatic heterocycles. The molecule has 2 aromatic rings. The van der Waals surface area contributed by atoms with Crippen LogP contribution in [0.15, 0.2) is 16.0 Å². The zero-order valence-electron chi connectivity index (χ0n) is 10.2. The monoisotopic (exact) mass is 285 g/mol. The van der Waals surface area contributed by atoms with Crippen LogP contribution < -0.4 is 10.3 Å². The Bertz CT molecular complexity index is 642. The number of H-pyrrole nitrogens is 1. The summed E-state index contributed by atoms with van der Waals surface area (Å²) in [6.07, 6.45) is 1.73. The predicted octanol–water partition coefficient (Wildman–Crippen LogP) is 2.48. The second-order valence-electron chi connectivity index (χ2n) is 3.89. The zero-order chi connectivity index (χ0) is 13.3. The van der Waals surface area contributed by atoms with Gasteiger partial charge in [0.05, 0.1) is 11.6 Å². The fraction of sp³-hybridized carbons (Fsp3) is 0.364. The maximum Gasteiger partial charge on any atom is 0.264 e. The minimum atomic E-state index is -0.274. The molecule has 5 nitrogen and oxygen atoms in total. The van der Waals surface area contributed by atoms with E-state index in [1.165, 1.54) is 11.8 Å². The number of rotatable bonds is 3. The van der Waals surface area contributed by atoms with Crippen LogP contribution >= 0.6 is 23.4 Å². The normalized spacial score (nSPS) is 11.2. The van der Waals surface area contributed by atoms with Gasteiger partial charge in [0, 0.05) is 6.07 Å². The SMILES string of the molecule is CSc1nc2cc(Cl)nc(OC(C)C)c2c(=O)[nH]1. The number of nitrogens with zero attached hydrogens (tertiary/aromatic N) is 2. The van der Waals surface area contributed by atoms with E-state index in [-0.39, 0.29) is 22.7 Å². The number of hydrogen-bond acceptors (Lipinski definition) is 5. The predicted molar refractivity (Wildman–Crippen MR) is 72.7 cm³/mol. The average Bonchev–Trinajstić information content (AvgIpc) is 2.26. The topological polar surface area (TPSA) is 67.9 Å². The van der Waals surface area contributed by atoms with E-state index in [0.717, 1.165) is 0 Å². The summed E-state index contributed by atoms with van der Waals surface area (Å²) in [4.78, 5) is 23.0. The van der Waals surface area contributed by atoms with Crippen molar-refractivity contribution < 1.29 is 4.74 Å². The van der Waals surface area contributed by atoms with Crippen LogP contribution in [0.5, 0.6) is 5.88 Å². The van der Waals surface area contributed by atoms with Crippen molar-refractivity contribution in [2.45, 2.75) is 25.1 Å². The summed E-state index contributed by atoms with van der Waals surface area (Å²) in [6.45, 7) is 3.71. The fourth-order valence-electron chi connectivity index (χ4n) is 1.48. The van der Waals surface area contributed by atoms with Crippen LogP contribution in [-0.2, 0) is 0 Å². The molecule has 0 unspecified atom stereocenters. The first-order valence-electron chi connectivity index (χ1n) is 5.32. The minimum Gasteiger partial charge on any atom is -0.474 e. The number of hydrogen-bond donors (Lipinski definition) is 1. The molecule has 0 fully saturated rings. The quantitative estimate of drug-likeness (QED) is 0.533. The molecule has 96 valence electrons. The molecule has 0 saturated carbocycles. The van der Waals surface area contributed by atoms with Gasteiger partial charge in [0.1, 0.15) is 10.5 Å². The first kappa shape index (κ1) is 13.2. The van der Waals surface area contributed by atoms with E-state index in [1.807, 2.05) is 20.1 Å². The van der Waals surface area contributed by atoms with Crippen molar-refractivity contribution in [2.24, 2.45) is 0 Å². The van der Waals surface area contributed by atoms with Crippen LogP contribution in [0.25, 0.3) is 10.9 Å². The van der Waals surface area contributed by atoms with Crippen LogP contribution in [0.2, 0.25) is 5.15 Å². The Labute approximate surface area is 113 Å². The van der Waals surface area contributed by atoms with E-state index in [1.54, 1.807) is 6.07 Å². The Hall–Kier alpha value is -1.27. The van der Waals surface area contributed by atoms with Crippen molar-refractivity contribution in [1.29, 1.82) is 0 Å². The van der Waals surface area contributed by atoms with Crippen LogP contribution in [0.1, 0.15) is 13.8 Å². The number of thioether (sulfide) groups is 1. The summed E-state index contributed by atoms with van der Waals surface area (Å²) in [5.74, 6) is 0.217. The molecule has 0 saturated heterocycles. The van der Waals surface area contributed by atoms with Crippen LogP contribution in [0, 0.1) is 0 Å². The Balaban J connectivity index is 2.75. The summed E-state index contributed by atoms with van der Waals surface area (Å²) in [5, 5.41) is 1.11. The van der Waals surface area contributed by atoms with E-state index in [4.69, 9.17) is 16.3 Å².